The van der Waals surface area contributed by atoms with Gasteiger partial charge < -0.3 is 10.8 Å². The topological polar surface area (TPSA) is 63.3 Å². The molecule has 0 saturated carbocycles. The number of carboxylic acids is 1. The summed E-state index contributed by atoms with van der Waals surface area (Å²) in [5.41, 5.74) is 6.54. The number of halogens is 1. The Morgan fingerprint density at radius 1 is 1.60 bits per heavy atom. The predicted molar refractivity (Wildman–Crippen MR) is 65.9 cm³/mol. The number of benzene rings is 1. The van der Waals surface area contributed by atoms with E-state index in [1.165, 1.54) is 11.8 Å². The maximum absolute atomic E-state index is 10.4. The lowest BCUT2D eigenvalue weighted by atomic mass is 10.2. The lowest BCUT2D eigenvalue weighted by Gasteiger charge is -2.06. The molecule has 1 aromatic rings. The van der Waals surface area contributed by atoms with Crippen molar-refractivity contribution < 1.29 is 9.90 Å². The van der Waals surface area contributed by atoms with E-state index in [-0.39, 0.29) is 0 Å². The molecule has 1 atom stereocenters. The van der Waals surface area contributed by atoms with Gasteiger partial charge in [0.2, 0.25) is 0 Å². The van der Waals surface area contributed by atoms with Gasteiger partial charge in [-0.25, -0.2) is 0 Å². The van der Waals surface area contributed by atoms with Crippen LogP contribution in [0.5, 0.6) is 0 Å². The molecule has 0 radical (unpaired) electrons. The van der Waals surface area contributed by atoms with E-state index in [4.69, 9.17) is 10.8 Å². The normalized spacial score (nSPS) is 12.4. The highest BCUT2D eigenvalue weighted by Crippen LogP contribution is 2.17. The van der Waals surface area contributed by atoms with Gasteiger partial charge in [-0.05, 0) is 17.7 Å². The van der Waals surface area contributed by atoms with Crippen molar-refractivity contribution in [2.75, 3.05) is 5.75 Å². The maximum atomic E-state index is 10.4. The molecule has 5 heteroatoms. The van der Waals surface area contributed by atoms with E-state index >= 15 is 0 Å². The first-order chi connectivity index (χ1) is 7.09. The molecule has 1 rings (SSSR count). The molecule has 0 bridgehead atoms. The second-order valence-electron chi connectivity index (χ2n) is 3.09. The summed E-state index contributed by atoms with van der Waals surface area (Å²) in [7, 11) is 0. The van der Waals surface area contributed by atoms with Crippen molar-refractivity contribution in [2.45, 2.75) is 11.8 Å². The molecule has 0 saturated heterocycles. The SMILES string of the molecule is N[C@H](CSCc1cccc(Br)c1)C(=O)O. The van der Waals surface area contributed by atoms with Crippen molar-refractivity contribution in [1.29, 1.82) is 0 Å². The van der Waals surface area contributed by atoms with Crippen molar-refractivity contribution in [3.63, 3.8) is 0 Å². The standard InChI is InChI=1S/C10H12BrNO2S/c11-8-3-1-2-7(4-8)5-15-6-9(12)10(13)14/h1-4,9H,5-6,12H2,(H,13,14)/t9-/m1/s1. The summed E-state index contributed by atoms with van der Waals surface area (Å²) in [5.74, 6) is 0.263. The van der Waals surface area contributed by atoms with E-state index in [1.54, 1.807) is 0 Å². The van der Waals surface area contributed by atoms with E-state index in [9.17, 15) is 4.79 Å². The third-order valence-electron chi connectivity index (χ3n) is 1.77. The van der Waals surface area contributed by atoms with Crippen LogP contribution in [0.2, 0.25) is 0 Å². The highest BCUT2D eigenvalue weighted by molar-refractivity contribution is 9.10. The first kappa shape index (κ1) is 12.5. The van der Waals surface area contributed by atoms with Crippen molar-refractivity contribution in [2.24, 2.45) is 5.73 Å². The fourth-order valence-corrected chi connectivity index (χ4v) is 2.38. The molecule has 0 spiro atoms. The fraction of sp³-hybridized carbons (Fsp3) is 0.300. The van der Waals surface area contributed by atoms with Gasteiger partial charge in [0.25, 0.3) is 0 Å². The molecule has 15 heavy (non-hydrogen) atoms. The lowest BCUT2D eigenvalue weighted by Crippen LogP contribution is -2.32. The Hall–Kier alpha value is -0.520. The minimum absolute atomic E-state index is 0.432. The largest absolute Gasteiger partial charge is 0.480 e. The van der Waals surface area contributed by atoms with Crippen LogP contribution in [0.25, 0.3) is 0 Å². The Kier molecular flexibility index (Phi) is 5.14. The molecule has 0 aromatic heterocycles. The Morgan fingerprint density at radius 2 is 2.33 bits per heavy atom. The van der Waals surface area contributed by atoms with Crippen LogP contribution < -0.4 is 5.73 Å². The van der Waals surface area contributed by atoms with E-state index in [0.717, 1.165) is 15.8 Å². The lowest BCUT2D eigenvalue weighted by molar-refractivity contribution is -0.137. The first-order valence-electron chi connectivity index (χ1n) is 4.40. The van der Waals surface area contributed by atoms with Gasteiger partial charge in [0, 0.05) is 16.0 Å². The summed E-state index contributed by atoms with van der Waals surface area (Å²) >= 11 is 4.90. The zero-order chi connectivity index (χ0) is 11.3. The highest BCUT2D eigenvalue weighted by Gasteiger charge is 2.10. The Morgan fingerprint density at radius 3 is 2.93 bits per heavy atom. The monoisotopic (exact) mass is 289 g/mol. The zero-order valence-electron chi connectivity index (χ0n) is 8.02. The summed E-state index contributed by atoms with van der Waals surface area (Å²) < 4.78 is 1.03. The van der Waals surface area contributed by atoms with Gasteiger partial charge in [-0.3, -0.25) is 4.79 Å². The third-order valence-corrected chi connectivity index (χ3v) is 3.40. The molecule has 0 unspecified atom stereocenters. The summed E-state index contributed by atoms with van der Waals surface area (Å²) in [6.45, 7) is 0. The molecule has 0 fully saturated rings. The van der Waals surface area contributed by atoms with E-state index < -0.39 is 12.0 Å². The molecule has 0 aliphatic carbocycles. The van der Waals surface area contributed by atoms with Crippen LogP contribution >= 0.6 is 27.7 Å². The van der Waals surface area contributed by atoms with E-state index in [1.807, 2.05) is 24.3 Å². The molecule has 1 aromatic carbocycles. The summed E-state index contributed by atoms with van der Waals surface area (Å²) in [6, 6.07) is 7.15. The van der Waals surface area contributed by atoms with Gasteiger partial charge in [-0.2, -0.15) is 11.8 Å². The molecule has 0 aliphatic rings. The van der Waals surface area contributed by atoms with Crippen molar-refractivity contribution in [3.05, 3.63) is 34.3 Å². The second-order valence-corrected chi connectivity index (χ2v) is 5.04. The van der Waals surface area contributed by atoms with Gasteiger partial charge in [0.05, 0.1) is 0 Å². The molecule has 3 N–H and O–H groups in total. The van der Waals surface area contributed by atoms with Crippen LogP contribution in [0, 0.1) is 0 Å². The Balaban J connectivity index is 2.35. The number of aliphatic carboxylic acids is 1. The van der Waals surface area contributed by atoms with Gasteiger partial charge in [0.1, 0.15) is 6.04 Å². The molecular weight excluding hydrogens is 278 g/mol. The van der Waals surface area contributed by atoms with Crippen molar-refractivity contribution >= 4 is 33.7 Å². The second kappa shape index (κ2) is 6.15. The number of thioether (sulfide) groups is 1. The van der Waals surface area contributed by atoms with Crippen LogP contribution in [0.4, 0.5) is 0 Å². The molecular formula is C10H12BrNO2S. The minimum Gasteiger partial charge on any atom is -0.480 e. The van der Waals surface area contributed by atoms with Crippen LogP contribution in [-0.2, 0) is 10.5 Å². The Bertz CT molecular complexity index is 346. The number of rotatable bonds is 5. The van der Waals surface area contributed by atoms with Crippen molar-refractivity contribution in [1.82, 2.24) is 0 Å². The molecule has 0 heterocycles. The minimum atomic E-state index is -0.947. The molecule has 82 valence electrons. The summed E-state index contributed by atoms with van der Waals surface area (Å²) in [4.78, 5) is 10.4. The quantitative estimate of drug-likeness (QED) is 0.871. The van der Waals surface area contributed by atoms with Crippen LogP contribution in [0.3, 0.4) is 0 Å². The summed E-state index contributed by atoms with van der Waals surface area (Å²) in [5, 5.41) is 8.58. The number of nitrogens with two attached hydrogens (primary N) is 1. The Labute approximate surface area is 101 Å². The van der Waals surface area contributed by atoms with Crippen LogP contribution in [0.1, 0.15) is 5.56 Å². The van der Waals surface area contributed by atoms with Gasteiger partial charge in [-0.1, -0.05) is 28.1 Å². The predicted octanol–water partition coefficient (Wildman–Crippen LogP) is 2.09. The number of carboxylic acid groups (broad SMARTS) is 1. The van der Waals surface area contributed by atoms with E-state index in [2.05, 4.69) is 15.9 Å². The van der Waals surface area contributed by atoms with Gasteiger partial charge >= 0.3 is 5.97 Å². The van der Waals surface area contributed by atoms with E-state index in [0.29, 0.717) is 5.75 Å². The maximum Gasteiger partial charge on any atom is 0.321 e. The fourth-order valence-electron chi connectivity index (χ4n) is 1.00. The smallest absolute Gasteiger partial charge is 0.321 e. The summed E-state index contributed by atoms with van der Waals surface area (Å²) in [6.07, 6.45) is 0. The molecule has 3 nitrogen and oxygen atoms in total. The molecule has 0 aliphatic heterocycles. The van der Waals surface area contributed by atoms with Crippen LogP contribution in [0.15, 0.2) is 28.7 Å². The van der Waals surface area contributed by atoms with Crippen molar-refractivity contribution in [3.8, 4) is 0 Å². The van der Waals surface area contributed by atoms with Gasteiger partial charge in [-0.15, -0.1) is 0 Å². The number of hydrogen-bond acceptors (Lipinski definition) is 3. The number of hydrogen-bond donors (Lipinski definition) is 2. The first-order valence-corrected chi connectivity index (χ1v) is 6.35. The average Bonchev–Trinajstić information content (AvgIpc) is 2.17. The average molecular weight is 290 g/mol. The van der Waals surface area contributed by atoms with Crippen LogP contribution in [-0.4, -0.2) is 22.9 Å². The number of carbonyl (C=O) groups is 1. The van der Waals surface area contributed by atoms with Gasteiger partial charge in [0.15, 0.2) is 0 Å². The zero-order valence-corrected chi connectivity index (χ0v) is 10.4. The molecule has 0 amide bonds. The highest BCUT2D eigenvalue weighted by atomic mass is 79.9. The third kappa shape index (κ3) is 4.68.